The zero-order valence-corrected chi connectivity index (χ0v) is 16.3. The highest BCUT2D eigenvalue weighted by molar-refractivity contribution is 6.02. The van der Waals surface area contributed by atoms with Crippen molar-refractivity contribution in [2.24, 2.45) is 5.10 Å². The first-order chi connectivity index (χ1) is 14.2. The van der Waals surface area contributed by atoms with Gasteiger partial charge in [0.15, 0.2) is 0 Å². The molecule has 0 bridgehead atoms. The summed E-state index contributed by atoms with van der Waals surface area (Å²) in [4.78, 5) is 37.4. The summed E-state index contributed by atoms with van der Waals surface area (Å²) in [5, 5.41) is 5.95. The molecule has 4 rings (SSSR count). The maximum Gasteiger partial charge on any atom is 0.243 e. The zero-order chi connectivity index (χ0) is 20.1. The summed E-state index contributed by atoms with van der Waals surface area (Å²) < 4.78 is 0. The summed E-state index contributed by atoms with van der Waals surface area (Å²) in [5.74, 6) is 0.606. The molecule has 8 nitrogen and oxygen atoms in total. The van der Waals surface area contributed by atoms with Crippen LogP contribution in [-0.2, 0) is 9.59 Å². The van der Waals surface area contributed by atoms with E-state index in [1.807, 2.05) is 35.2 Å². The maximum absolute atomic E-state index is 12.5. The number of rotatable bonds is 5. The Hall–Kier alpha value is -3.29. The Morgan fingerprint density at radius 2 is 1.52 bits per heavy atom. The Kier molecular flexibility index (Phi) is 5.79. The zero-order valence-electron chi connectivity index (χ0n) is 16.3. The molecule has 0 saturated carbocycles. The van der Waals surface area contributed by atoms with E-state index in [4.69, 9.17) is 0 Å². The molecule has 0 spiro atoms. The molecule has 0 N–H and O–H groups in total. The quantitative estimate of drug-likeness (QED) is 0.771. The molecule has 1 aromatic heterocycles. The summed E-state index contributed by atoms with van der Waals surface area (Å²) in [7, 11) is 0. The van der Waals surface area contributed by atoms with Crippen molar-refractivity contribution in [3.8, 4) is 0 Å². The highest BCUT2D eigenvalue weighted by atomic mass is 16.2. The predicted molar refractivity (Wildman–Crippen MR) is 109 cm³/mol. The number of benzene rings is 1. The summed E-state index contributed by atoms with van der Waals surface area (Å²) >= 11 is 0. The first kappa shape index (κ1) is 19.0. The Balaban J connectivity index is 1.24. The van der Waals surface area contributed by atoms with Gasteiger partial charge in [0, 0.05) is 57.8 Å². The van der Waals surface area contributed by atoms with E-state index in [9.17, 15) is 9.59 Å². The van der Waals surface area contributed by atoms with Crippen molar-refractivity contribution in [1.82, 2.24) is 19.9 Å². The topological polar surface area (TPSA) is 82.0 Å². The molecule has 8 heteroatoms. The first-order valence-electron chi connectivity index (χ1n) is 9.94. The van der Waals surface area contributed by atoms with E-state index in [0.717, 1.165) is 17.7 Å². The van der Waals surface area contributed by atoms with Crippen molar-refractivity contribution in [2.75, 3.05) is 37.6 Å². The summed E-state index contributed by atoms with van der Waals surface area (Å²) in [5.41, 5.74) is 1.96. The number of piperazine rings is 1. The number of nitrogens with zero attached hydrogens (tertiary/aromatic N) is 6. The van der Waals surface area contributed by atoms with Gasteiger partial charge < -0.3 is 9.80 Å². The van der Waals surface area contributed by atoms with Crippen molar-refractivity contribution < 1.29 is 9.59 Å². The number of hydrazone groups is 1. The fourth-order valence-electron chi connectivity index (χ4n) is 3.58. The van der Waals surface area contributed by atoms with E-state index < -0.39 is 0 Å². The molecule has 2 aliphatic heterocycles. The number of aromatic nitrogens is 2. The average molecular weight is 392 g/mol. The molecule has 1 aromatic carbocycles. The van der Waals surface area contributed by atoms with Crippen LogP contribution >= 0.6 is 0 Å². The molecule has 2 aromatic rings. The second-order valence-corrected chi connectivity index (χ2v) is 7.10. The van der Waals surface area contributed by atoms with Crippen LogP contribution in [0.1, 0.15) is 24.8 Å². The number of carbonyl (C=O) groups is 2. The van der Waals surface area contributed by atoms with Gasteiger partial charge in [-0.3, -0.25) is 9.59 Å². The van der Waals surface area contributed by atoms with Crippen molar-refractivity contribution >= 4 is 23.5 Å². The minimum absolute atomic E-state index is 0.0124. The second kappa shape index (κ2) is 8.81. The van der Waals surface area contributed by atoms with Crippen LogP contribution in [0.2, 0.25) is 0 Å². The first-order valence-corrected chi connectivity index (χ1v) is 9.94. The van der Waals surface area contributed by atoms with Crippen LogP contribution in [-0.4, -0.2) is 70.1 Å². The number of carbonyl (C=O) groups excluding carboxylic acids is 2. The van der Waals surface area contributed by atoms with Crippen molar-refractivity contribution in [2.45, 2.75) is 19.3 Å². The highest BCUT2D eigenvalue weighted by Gasteiger charge is 2.25. The molecule has 0 atom stereocenters. The third kappa shape index (κ3) is 4.59. The largest absolute Gasteiger partial charge is 0.339 e. The predicted octanol–water partition coefficient (Wildman–Crippen LogP) is 1.54. The fourth-order valence-corrected chi connectivity index (χ4v) is 3.58. The molecule has 0 unspecified atom stereocenters. The molecule has 1 saturated heterocycles. The Morgan fingerprint density at radius 3 is 2.24 bits per heavy atom. The van der Waals surface area contributed by atoms with Crippen LogP contribution in [0.15, 0.2) is 53.9 Å². The van der Waals surface area contributed by atoms with E-state index in [1.54, 1.807) is 18.5 Å². The smallest absolute Gasteiger partial charge is 0.243 e. The average Bonchev–Trinajstić information content (AvgIpc) is 3.29. The Labute approximate surface area is 169 Å². The van der Waals surface area contributed by atoms with Crippen molar-refractivity contribution in [3.63, 3.8) is 0 Å². The van der Waals surface area contributed by atoms with Gasteiger partial charge >= 0.3 is 0 Å². The minimum Gasteiger partial charge on any atom is -0.339 e. The van der Waals surface area contributed by atoms with Gasteiger partial charge in [-0.1, -0.05) is 30.3 Å². The van der Waals surface area contributed by atoms with Crippen LogP contribution in [0, 0.1) is 0 Å². The molecule has 29 heavy (non-hydrogen) atoms. The Bertz CT molecular complexity index is 879. The lowest BCUT2D eigenvalue weighted by Crippen LogP contribution is -2.49. The van der Waals surface area contributed by atoms with Gasteiger partial charge in [-0.25, -0.2) is 15.0 Å². The van der Waals surface area contributed by atoms with Crippen LogP contribution in [0.25, 0.3) is 0 Å². The molecule has 3 heterocycles. The molecule has 0 radical (unpaired) electrons. The van der Waals surface area contributed by atoms with E-state index in [0.29, 0.717) is 38.7 Å². The minimum atomic E-state index is -0.0967. The summed E-state index contributed by atoms with van der Waals surface area (Å²) in [6.45, 7) is 3.20. The van der Waals surface area contributed by atoms with Gasteiger partial charge in [-0.15, -0.1) is 0 Å². The lowest BCUT2D eigenvalue weighted by atomic mass is 10.1. The van der Waals surface area contributed by atoms with Crippen molar-refractivity contribution in [1.29, 1.82) is 0 Å². The summed E-state index contributed by atoms with van der Waals surface area (Å²) in [6, 6.07) is 11.7. The van der Waals surface area contributed by atoms with Gasteiger partial charge in [-0.2, -0.15) is 5.10 Å². The molecular formula is C21H24N6O2. The van der Waals surface area contributed by atoms with Crippen molar-refractivity contribution in [3.05, 3.63) is 54.4 Å². The molecule has 2 aliphatic rings. The van der Waals surface area contributed by atoms with E-state index >= 15 is 0 Å². The van der Waals surface area contributed by atoms with E-state index in [2.05, 4.69) is 20.0 Å². The number of hydrogen-bond donors (Lipinski definition) is 0. The van der Waals surface area contributed by atoms with Gasteiger partial charge in [0.05, 0.1) is 12.3 Å². The fraction of sp³-hybridized carbons (Fsp3) is 0.381. The number of hydrogen-bond acceptors (Lipinski definition) is 6. The number of amides is 2. The van der Waals surface area contributed by atoms with Gasteiger partial charge in [0.1, 0.15) is 0 Å². The van der Waals surface area contributed by atoms with Gasteiger partial charge in [0.25, 0.3) is 0 Å². The van der Waals surface area contributed by atoms with Crippen LogP contribution in [0.3, 0.4) is 0 Å². The molecule has 0 aliphatic carbocycles. The third-order valence-electron chi connectivity index (χ3n) is 5.22. The normalized spacial score (nSPS) is 16.7. The third-order valence-corrected chi connectivity index (χ3v) is 5.22. The SMILES string of the molecule is O=C(CCC(=O)N1CCC(c2ccccc2)=N1)N1CCN(c2ncccn2)CC1. The standard InChI is InChI=1S/C21H24N6O2/c28-19(25-13-15-26(16-14-25)21-22-10-4-11-23-21)7-8-20(29)27-12-9-18(24-27)17-5-2-1-3-6-17/h1-6,10-11H,7-9,12-16H2. The summed E-state index contributed by atoms with van der Waals surface area (Å²) in [6.07, 6.45) is 4.58. The van der Waals surface area contributed by atoms with Gasteiger partial charge in [0.2, 0.25) is 17.8 Å². The van der Waals surface area contributed by atoms with Crippen LogP contribution in [0.5, 0.6) is 0 Å². The monoisotopic (exact) mass is 392 g/mol. The van der Waals surface area contributed by atoms with Gasteiger partial charge in [-0.05, 0) is 11.6 Å². The Morgan fingerprint density at radius 1 is 0.828 bits per heavy atom. The lowest BCUT2D eigenvalue weighted by Gasteiger charge is -2.34. The number of anilines is 1. The maximum atomic E-state index is 12.5. The molecule has 150 valence electrons. The highest BCUT2D eigenvalue weighted by Crippen LogP contribution is 2.16. The lowest BCUT2D eigenvalue weighted by molar-refractivity contribution is -0.137. The van der Waals surface area contributed by atoms with E-state index in [1.165, 1.54) is 5.01 Å². The molecular weight excluding hydrogens is 368 g/mol. The second-order valence-electron chi connectivity index (χ2n) is 7.10. The molecule has 1 fully saturated rings. The van der Waals surface area contributed by atoms with E-state index in [-0.39, 0.29) is 24.7 Å². The van der Waals surface area contributed by atoms with Crippen LogP contribution in [0.4, 0.5) is 5.95 Å². The molecule has 2 amide bonds. The van der Waals surface area contributed by atoms with Crippen LogP contribution < -0.4 is 4.90 Å².